The molecule has 0 atom stereocenters. The largest absolute Gasteiger partial charge is 0.449 e. The van der Waals surface area contributed by atoms with Gasteiger partial charge >= 0.3 is 0 Å². The Kier molecular flexibility index (Phi) is 2.14. The third kappa shape index (κ3) is 1.64. The first kappa shape index (κ1) is 12.1. The van der Waals surface area contributed by atoms with Gasteiger partial charge in [0.15, 0.2) is 29.3 Å². The number of rotatable bonds is 1. The van der Waals surface area contributed by atoms with Gasteiger partial charge in [-0.2, -0.15) is 0 Å². The maximum atomic E-state index is 11.4. The second-order valence-electron chi connectivity index (χ2n) is 5.68. The Balaban J connectivity index is 2.25. The zero-order valence-electron chi connectivity index (χ0n) is 11.6. The average molecular weight is 264 g/mol. The van der Waals surface area contributed by atoms with Gasteiger partial charge < -0.3 is 18.9 Å². The first-order chi connectivity index (χ1) is 8.74. The zero-order valence-corrected chi connectivity index (χ0v) is 11.6. The first-order valence-electron chi connectivity index (χ1n) is 6.16. The molecule has 0 saturated heterocycles. The Bertz CT molecular complexity index is 541. The van der Waals surface area contributed by atoms with Gasteiger partial charge in [-0.3, -0.25) is 4.79 Å². The van der Waals surface area contributed by atoms with Crippen LogP contribution < -0.4 is 18.9 Å². The molecule has 0 bridgehead atoms. The van der Waals surface area contributed by atoms with Crippen LogP contribution in [-0.4, -0.2) is 17.9 Å². The molecule has 0 saturated carbocycles. The Morgan fingerprint density at radius 1 is 0.789 bits per heavy atom. The lowest BCUT2D eigenvalue weighted by molar-refractivity contribution is -0.0488. The molecular formula is C14H16O5. The van der Waals surface area contributed by atoms with E-state index in [-0.39, 0.29) is 0 Å². The summed E-state index contributed by atoms with van der Waals surface area (Å²) >= 11 is 0. The van der Waals surface area contributed by atoms with E-state index in [1.807, 2.05) is 6.92 Å². The van der Waals surface area contributed by atoms with Gasteiger partial charge in [-0.25, -0.2) is 0 Å². The van der Waals surface area contributed by atoms with E-state index in [9.17, 15) is 4.79 Å². The molecule has 0 spiro atoms. The van der Waals surface area contributed by atoms with Crippen LogP contribution in [0.4, 0.5) is 0 Å². The molecule has 0 radical (unpaired) electrons. The van der Waals surface area contributed by atoms with Crippen molar-refractivity contribution in [2.75, 3.05) is 0 Å². The number of benzene rings is 1. The van der Waals surface area contributed by atoms with E-state index in [2.05, 4.69) is 0 Å². The molecule has 0 N–H and O–H groups in total. The van der Waals surface area contributed by atoms with E-state index in [1.54, 1.807) is 27.7 Å². The van der Waals surface area contributed by atoms with Crippen LogP contribution >= 0.6 is 0 Å². The molecule has 2 aliphatic heterocycles. The molecule has 0 aliphatic carbocycles. The third-order valence-electron chi connectivity index (χ3n) is 3.09. The highest BCUT2D eigenvalue weighted by molar-refractivity contribution is 5.89. The molecule has 5 heteroatoms. The molecule has 1 aromatic carbocycles. The molecule has 2 aliphatic rings. The van der Waals surface area contributed by atoms with Crippen molar-refractivity contribution < 1.29 is 23.7 Å². The SMILES string of the molecule is Cc1c2c(c(C=O)c3c1OC(C)(C)O3)OC(C)(C)O2. The van der Waals surface area contributed by atoms with E-state index < -0.39 is 11.6 Å². The van der Waals surface area contributed by atoms with Gasteiger partial charge in [-0.05, 0) is 6.92 Å². The molecule has 0 aromatic heterocycles. The normalized spacial score (nSPS) is 20.5. The molecule has 5 nitrogen and oxygen atoms in total. The number of hydrogen-bond acceptors (Lipinski definition) is 5. The van der Waals surface area contributed by atoms with Gasteiger partial charge in [0.1, 0.15) is 5.56 Å². The summed E-state index contributed by atoms with van der Waals surface area (Å²) < 4.78 is 22.9. The Morgan fingerprint density at radius 3 is 1.53 bits per heavy atom. The van der Waals surface area contributed by atoms with E-state index in [1.165, 1.54) is 0 Å². The van der Waals surface area contributed by atoms with Crippen LogP contribution in [0.3, 0.4) is 0 Å². The Hall–Kier alpha value is -1.91. The number of fused-ring (bicyclic) bond motifs is 2. The minimum absolute atomic E-state index is 0.340. The highest BCUT2D eigenvalue weighted by Crippen LogP contribution is 2.55. The third-order valence-corrected chi connectivity index (χ3v) is 3.09. The van der Waals surface area contributed by atoms with Crippen LogP contribution in [-0.2, 0) is 0 Å². The van der Waals surface area contributed by atoms with E-state index in [0.717, 1.165) is 5.56 Å². The summed E-state index contributed by atoms with van der Waals surface area (Å²) in [6, 6.07) is 0. The smallest absolute Gasteiger partial charge is 0.246 e. The summed E-state index contributed by atoms with van der Waals surface area (Å²) in [5, 5.41) is 0. The van der Waals surface area contributed by atoms with Gasteiger partial charge in [0.05, 0.1) is 0 Å². The van der Waals surface area contributed by atoms with Crippen molar-refractivity contribution in [2.24, 2.45) is 0 Å². The summed E-state index contributed by atoms with van der Waals surface area (Å²) in [4.78, 5) is 11.4. The number of ether oxygens (including phenoxy) is 4. The van der Waals surface area contributed by atoms with Crippen LogP contribution in [0.5, 0.6) is 23.0 Å². The Labute approximate surface area is 111 Å². The van der Waals surface area contributed by atoms with E-state index in [0.29, 0.717) is 34.8 Å². The second-order valence-corrected chi connectivity index (χ2v) is 5.68. The Morgan fingerprint density at radius 2 is 1.16 bits per heavy atom. The first-order valence-corrected chi connectivity index (χ1v) is 6.16. The minimum Gasteiger partial charge on any atom is -0.449 e. The molecule has 0 fully saturated rings. The van der Waals surface area contributed by atoms with E-state index >= 15 is 0 Å². The summed E-state index contributed by atoms with van der Waals surface area (Å²) in [7, 11) is 0. The monoisotopic (exact) mass is 264 g/mol. The molecule has 2 heterocycles. The average Bonchev–Trinajstić information content (AvgIpc) is 2.76. The van der Waals surface area contributed by atoms with Crippen molar-refractivity contribution in [2.45, 2.75) is 46.2 Å². The number of carbonyl (C=O) groups excluding carboxylic acids is 1. The van der Waals surface area contributed by atoms with Gasteiger partial charge in [0, 0.05) is 33.3 Å². The van der Waals surface area contributed by atoms with Crippen molar-refractivity contribution in [1.82, 2.24) is 0 Å². The van der Waals surface area contributed by atoms with Crippen LogP contribution in [0.25, 0.3) is 0 Å². The molecule has 3 rings (SSSR count). The van der Waals surface area contributed by atoms with Gasteiger partial charge in [-0.1, -0.05) is 0 Å². The quantitative estimate of drug-likeness (QED) is 0.730. The zero-order chi connectivity index (χ0) is 14.0. The fourth-order valence-corrected chi connectivity index (χ4v) is 2.37. The fraction of sp³-hybridized carbons (Fsp3) is 0.500. The highest BCUT2D eigenvalue weighted by atomic mass is 16.7. The van der Waals surface area contributed by atoms with E-state index in [4.69, 9.17) is 18.9 Å². The standard InChI is InChI=1S/C14H16O5/c1-7-9-11(18-13(2,3)16-9)8(6-15)12-10(7)17-14(4,5)19-12/h6H,1-5H3. The molecule has 19 heavy (non-hydrogen) atoms. The predicted octanol–water partition coefficient (Wildman–Crippen LogP) is 2.82. The topological polar surface area (TPSA) is 54.0 Å². The van der Waals surface area contributed by atoms with Gasteiger partial charge in [0.25, 0.3) is 0 Å². The number of hydrogen-bond donors (Lipinski definition) is 0. The molecule has 1 aromatic rings. The number of carbonyl (C=O) groups is 1. The number of aldehydes is 1. The lowest BCUT2D eigenvalue weighted by Crippen LogP contribution is -2.31. The van der Waals surface area contributed by atoms with Crippen LogP contribution in [0, 0.1) is 6.92 Å². The molecule has 102 valence electrons. The summed E-state index contributed by atoms with van der Waals surface area (Å²) in [5.41, 5.74) is 1.12. The maximum Gasteiger partial charge on any atom is 0.246 e. The maximum absolute atomic E-state index is 11.4. The lowest BCUT2D eigenvalue weighted by Gasteiger charge is -2.18. The van der Waals surface area contributed by atoms with Crippen molar-refractivity contribution in [3.8, 4) is 23.0 Å². The molecule has 0 amide bonds. The highest BCUT2D eigenvalue weighted by Gasteiger charge is 2.43. The lowest BCUT2D eigenvalue weighted by atomic mass is 10.1. The van der Waals surface area contributed by atoms with Crippen molar-refractivity contribution in [3.05, 3.63) is 11.1 Å². The van der Waals surface area contributed by atoms with Gasteiger partial charge in [-0.15, -0.1) is 0 Å². The fourth-order valence-electron chi connectivity index (χ4n) is 2.37. The summed E-state index contributed by atoms with van der Waals surface area (Å²) in [6.07, 6.45) is 0.715. The molecule has 0 unspecified atom stereocenters. The van der Waals surface area contributed by atoms with Gasteiger partial charge in [0.2, 0.25) is 11.6 Å². The van der Waals surface area contributed by atoms with Crippen LogP contribution in [0.15, 0.2) is 0 Å². The van der Waals surface area contributed by atoms with Crippen molar-refractivity contribution >= 4 is 6.29 Å². The minimum atomic E-state index is -0.796. The van der Waals surface area contributed by atoms with Crippen LogP contribution in [0.1, 0.15) is 43.6 Å². The van der Waals surface area contributed by atoms with Crippen LogP contribution in [0.2, 0.25) is 0 Å². The molecular weight excluding hydrogens is 248 g/mol. The van der Waals surface area contributed by atoms with Crippen molar-refractivity contribution in [1.29, 1.82) is 0 Å². The van der Waals surface area contributed by atoms with Crippen molar-refractivity contribution in [3.63, 3.8) is 0 Å². The predicted molar refractivity (Wildman–Crippen MR) is 67.2 cm³/mol. The second kappa shape index (κ2) is 3.35. The summed E-state index contributed by atoms with van der Waals surface area (Å²) in [6.45, 7) is 9.02. The summed E-state index contributed by atoms with van der Waals surface area (Å²) in [5.74, 6) is 0.361.